The summed E-state index contributed by atoms with van der Waals surface area (Å²) in [6.45, 7) is 0.200. The Labute approximate surface area is 161 Å². The van der Waals surface area contributed by atoms with Crippen molar-refractivity contribution in [3.8, 4) is 23.0 Å². The SMILES string of the molecule is O=C(OCc1cc(Cl)c2c(c1)OCO2)c1cccc(Oc2ccccc2)c1. The van der Waals surface area contributed by atoms with Crippen molar-refractivity contribution in [3.63, 3.8) is 0 Å². The first kappa shape index (κ1) is 17.2. The number of hydrogen-bond acceptors (Lipinski definition) is 5. The molecule has 0 amide bonds. The molecule has 5 nitrogen and oxygen atoms in total. The second-order valence-corrected chi connectivity index (χ2v) is 6.24. The van der Waals surface area contributed by atoms with E-state index >= 15 is 0 Å². The van der Waals surface area contributed by atoms with E-state index in [2.05, 4.69) is 0 Å². The second kappa shape index (κ2) is 7.60. The van der Waals surface area contributed by atoms with Crippen molar-refractivity contribution in [3.05, 3.63) is 82.9 Å². The van der Waals surface area contributed by atoms with Crippen LogP contribution in [0.1, 0.15) is 15.9 Å². The third-order valence-corrected chi connectivity index (χ3v) is 4.19. The summed E-state index contributed by atoms with van der Waals surface area (Å²) in [5, 5.41) is 0.425. The molecule has 0 spiro atoms. The summed E-state index contributed by atoms with van der Waals surface area (Å²) in [7, 11) is 0. The molecule has 0 N–H and O–H groups in total. The molecule has 0 saturated carbocycles. The minimum Gasteiger partial charge on any atom is -0.457 e. The van der Waals surface area contributed by atoms with E-state index in [-0.39, 0.29) is 13.4 Å². The van der Waals surface area contributed by atoms with E-state index in [1.807, 2.05) is 30.3 Å². The van der Waals surface area contributed by atoms with Crippen LogP contribution in [0.3, 0.4) is 0 Å². The van der Waals surface area contributed by atoms with Gasteiger partial charge in [-0.3, -0.25) is 0 Å². The van der Waals surface area contributed by atoms with E-state index < -0.39 is 5.97 Å². The van der Waals surface area contributed by atoms with Crippen molar-refractivity contribution in [2.45, 2.75) is 6.61 Å². The fourth-order valence-electron chi connectivity index (χ4n) is 2.65. The number of fused-ring (bicyclic) bond motifs is 1. The normalized spacial score (nSPS) is 11.9. The number of hydrogen-bond donors (Lipinski definition) is 0. The molecule has 0 atom stereocenters. The molecule has 3 aromatic carbocycles. The number of para-hydroxylation sites is 1. The standard InChI is InChI=1S/C21H15ClO5/c22-18-9-14(10-19-20(18)26-13-25-19)12-24-21(23)15-5-4-8-17(11-15)27-16-6-2-1-3-7-16/h1-11H,12-13H2. The first-order valence-electron chi connectivity index (χ1n) is 8.27. The molecule has 0 bridgehead atoms. The average molecular weight is 383 g/mol. The smallest absolute Gasteiger partial charge is 0.338 e. The third kappa shape index (κ3) is 3.99. The van der Waals surface area contributed by atoms with Gasteiger partial charge in [0.2, 0.25) is 6.79 Å². The fraction of sp³-hybridized carbons (Fsp3) is 0.0952. The van der Waals surface area contributed by atoms with Crippen LogP contribution < -0.4 is 14.2 Å². The Kier molecular flexibility index (Phi) is 4.85. The van der Waals surface area contributed by atoms with Crippen LogP contribution in [-0.2, 0) is 11.3 Å². The van der Waals surface area contributed by atoms with Gasteiger partial charge >= 0.3 is 5.97 Å². The lowest BCUT2D eigenvalue weighted by atomic mass is 10.2. The van der Waals surface area contributed by atoms with Crippen molar-refractivity contribution in [2.75, 3.05) is 6.79 Å². The zero-order chi connectivity index (χ0) is 18.6. The van der Waals surface area contributed by atoms with E-state index in [0.717, 1.165) is 0 Å². The Hall–Kier alpha value is -3.18. The minimum absolute atomic E-state index is 0.0684. The summed E-state index contributed by atoms with van der Waals surface area (Å²) >= 11 is 6.14. The summed E-state index contributed by atoms with van der Waals surface area (Å²) in [6, 6.07) is 19.6. The Balaban J connectivity index is 1.43. The van der Waals surface area contributed by atoms with Crippen LogP contribution in [0.25, 0.3) is 0 Å². The van der Waals surface area contributed by atoms with Gasteiger partial charge < -0.3 is 18.9 Å². The van der Waals surface area contributed by atoms with E-state index in [9.17, 15) is 4.79 Å². The molecule has 1 aliphatic heterocycles. The van der Waals surface area contributed by atoms with Crippen LogP contribution in [0.15, 0.2) is 66.7 Å². The highest BCUT2D eigenvalue weighted by Gasteiger charge is 2.19. The van der Waals surface area contributed by atoms with Gasteiger partial charge in [0, 0.05) is 0 Å². The predicted octanol–water partition coefficient (Wildman–Crippen LogP) is 5.22. The van der Waals surface area contributed by atoms with Gasteiger partial charge in [0.05, 0.1) is 10.6 Å². The van der Waals surface area contributed by atoms with Crippen molar-refractivity contribution in [2.24, 2.45) is 0 Å². The van der Waals surface area contributed by atoms with Crippen molar-refractivity contribution in [1.82, 2.24) is 0 Å². The van der Waals surface area contributed by atoms with Crippen LogP contribution in [0.5, 0.6) is 23.0 Å². The molecule has 27 heavy (non-hydrogen) atoms. The van der Waals surface area contributed by atoms with Crippen LogP contribution in [0.2, 0.25) is 5.02 Å². The second-order valence-electron chi connectivity index (χ2n) is 5.83. The maximum absolute atomic E-state index is 12.4. The van der Waals surface area contributed by atoms with Gasteiger partial charge in [-0.25, -0.2) is 4.79 Å². The fourth-order valence-corrected chi connectivity index (χ4v) is 2.94. The Bertz CT molecular complexity index is 972. The lowest BCUT2D eigenvalue weighted by molar-refractivity contribution is 0.0472. The molecule has 0 saturated heterocycles. The lowest BCUT2D eigenvalue weighted by Gasteiger charge is -2.09. The molecule has 4 rings (SSSR count). The van der Waals surface area contributed by atoms with Crippen molar-refractivity contribution < 1.29 is 23.7 Å². The number of benzene rings is 3. The summed E-state index contributed by atoms with van der Waals surface area (Å²) in [5.41, 5.74) is 1.12. The summed E-state index contributed by atoms with van der Waals surface area (Å²) in [5.74, 6) is 1.85. The maximum Gasteiger partial charge on any atom is 0.338 e. The van der Waals surface area contributed by atoms with Gasteiger partial charge in [-0.1, -0.05) is 35.9 Å². The van der Waals surface area contributed by atoms with Crippen molar-refractivity contribution >= 4 is 17.6 Å². The van der Waals surface area contributed by atoms with Gasteiger partial charge in [0.1, 0.15) is 18.1 Å². The first-order chi connectivity index (χ1) is 13.2. The van der Waals surface area contributed by atoms with Crippen LogP contribution in [-0.4, -0.2) is 12.8 Å². The molecular formula is C21H15ClO5. The topological polar surface area (TPSA) is 54.0 Å². The summed E-state index contributed by atoms with van der Waals surface area (Å²) in [4.78, 5) is 12.4. The molecule has 0 aliphatic carbocycles. The monoisotopic (exact) mass is 382 g/mol. The number of carbonyl (C=O) groups excluding carboxylic acids is 1. The molecule has 136 valence electrons. The van der Waals surface area contributed by atoms with E-state index in [0.29, 0.717) is 39.1 Å². The molecular weight excluding hydrogens is 368 g/mol. The minimum atomic E-state index is -0.456. The van der Waals surface area contributed by atoms with Gasteiger partial charge in [0.25, 0.3) is 0 Å². The molecule has 0 aromatic heterocycles. The highest BCUT2D eigenvalue weighted by Crippen LogP contribution is 2.40. The highest BCUT2D eigenvalue weighted by atomic mass is 35.5. The number of ether oxygens (including phenoxy) is 4. The largest absolute Gasteiger partial charge is 0.457 e. The van der Waals surface area contributed by atoms with E-state index in [1.165, 1.54) is 0 Å². The molecule has 6 heteroatoms. The molecule has 0 radical (unpaired) electrons. The quantitative estimate of drug-likeness (QED) is 0.566. The third-order valence-electron chi connectivity index (χ3n) is 3.91. The zero-order valence-electron chi connectivity index (χ0n) is 14.2. The number of carbonyl (C=O) groups is 1. The number of halogens is 1. The van der Waals surface area contributed by atoms with Crippen LogP contribution in [0, 0.1) is 0 Å². The Morgan fingerprint density at radius 1 is 0.963 bits per heavy atom. The summed E-state index contributed by atoms with van der Waals surface area (Å²) < 4.78 is 21.7. The van der Waals surface area contributed by atoms with Crippen molar-refractivity contribution in [1.29, 1.82) is 0 Å². The average Bonchev–Trinajstić information content (AvgIpc) is 3.16. The predicted molar refractivity (Wildman–Crippen MR) is 99.7 cm³/mol. The van der Waals surface area contributed by atoms with Gasteiger partial charge in [-0.15, -0.1) is 0 Å². The van der Waals surface area contributed by atoms with Crippen LogP contribution in [0.4, 0.5) is 0 Å². The summed E-state index contributed by atoms with van der Waals surface area (Å²) in [6.07, 6.45) is 0. The number of rotatable bonds is 5. The van der Waals surface area contributed by atoms with Crippen LogP contribution >= 0.6 is 11.6 Å². The molecule has 3 aromatic rings. The zero-order valence-corrected chi connectivity index (χ0v) is 14.9. The molecule has 0 fully saturated rings. The number of esters is 1. The van der Waals surface area contributed by atoms with E-state index in [4.69, 9.17) is 30.5 Å². The Morgan fingerprint density at radius 2 is 1.78 bits per heavy atom. The molecule has 0 unspecified atom stereocenters. The molecule has 1 heterocycles. The molecule has 1 aliphatic rings. The lowest BCUT2D eigenvalue weighted by Crippen LogP contribution is -2.05. The maximum atomic E-state index is 12.4. The Morgan fingerprint density at radius 3 is 2.63 bits per heavy atom. The highest BCUT2D eigenvalue weighted by molar-refractivity contribution is 6.32. The first-order valence-corrected chi connectivity index (χ1v) is 8.65. The van der Waals surface area contributed by atoms with Gasteiger partial charge in [0.15, 0.2) is 11.5 Å². The van der Waals surface area contributed by atoms with E-state index in [1.54, 1.807) is 36.4 Å². The van der Waals surface area contributed by atoms with Gasteiger partial charge in [-0.05, 0) is 48.0 Å². The van der Waals surface area contributed by atoms with Gasteiger partial charge in [-0.2, -0.15) is 0 Å².